The highest BCUT2D eigenvalue weighted by atomic mass is 19.1. The molecule has 0 spiro atoms. The van der Waals surface area contributed by atoms with Gasteiger partial charge in [-0.3, -0.25) is 9.18 Å². The Morgan fingerprint density at radius 2 is 1.79 bits per heavy atom. The van der Waals surface area contributed by atoms with Crippen molar-refractivity contribution in [3.63, 3.8) is 0 Å². The Morgan fingerprint density at radius 1 is 1.03 bits per heavy atom. The predicted octanol–water partition coefficient (Wildman–Crippen LogP) is 7.46. The summed E-state index contributed by atoms with van der Waals surface area (Å²) in [6.45, 7) is 3.37. The Bertz CT molecular complexity index is 715. The average Bonchev–Trinajstić information content (AvgIpc) is 3.30. The van der Waals surface area contributed by atoms with Crippen molar-refractivity contribution in [2.24, 2.45) is 17.8 Å². The van der Waals surface area contributed by atoms with E-state index in [9.17, 15) is 9.18 Å². The van der Waals surface area contributed by atoms with Gasteiger partial charge in [-0.25, -0.2) is 0 Å². The number of rotatable bonds is 17. The van der Waals surface area contributed by atoms with Gasteiger partial charge < -0.3 is 23.7 Å². The van der Waals surface area contributed by atoms with Crippen molar-refractivity contribution in [1.82, 2.24) is 0 Å². The molecule has 0 amide bonds. The summed E-state index contributed by atoms with van der Waals surface area (Å²) in [5.74, 6) is 0.0229. The summed E-state index contributed by atoms with van der Waals surface area (Å²) in [5.41, 5.74) is 0. The molecule has 7 atom stereocenters. The molecular weight excluding hydrogens is 499 g/mol. The van der Waals surface area contributed by atoms with Crippen molar-refractivity contribution >= 4 is 5.97 Å². The van der Waals surface area contributed by atoms with Crippen LogP contribution in [-0.2, 0) is 28.5 Å². The van der Waals surface area contributed by atoms with E-state index in [0.29, 0.717) is 12.8 Å². The number of hydrogen-bond donors (Lipinski definition) is 0. The smallest absolute Gasteiger partial charge is 0.305 e. The van der Waals surface area contributed by atoms with Crippen LogP contribution in [0.5, 0.6) is 0 Å². The van der Waals surface area contributed by atoms with E-state index in [1.54, 1.807) is 0 Å². The Balaban J connectivity index is 1.69. The third kappa shape index (κ3) is 11.6. The van der Waals surface area contributed by atoms with Crippen LogP contribution >= 0.6 is 0 Å². The van der Waals surface area contributed by atoms with Crippen molar-refractivity contribution in [3.8, 4) is 0 Å². The maximum Gasteiger partial charge on any atom is 0.305 e. The van der Waals surface area contributed by atoms with Crippen LogP contribution in [0.4, 0.5) is 4.39 Å². The Hall–Kier alpha value is -1.28. The summed E-state index contributed by atoms with van der Waals surface area (Å²) in [5, 5.41) is 0. The van der Waals surface area contributed by atoms with Gasteiger partial charge in [0.2, 0.25) is 0 Å². The molecule has 3 aliphatic rings. The Kier molecular flexibility index (Phi) is 15.7. The van der Waals surface area contributed by atoms with E-state index < -0.39 is 0 Å². The van der Waals surface area contributed by atoms with Crippen LogP contribution in [0.15, 0.2) is 24.3 Å². The fourth-order valence-electron chi connectivity index (χ4n) is 6.08. The number of methoxy groups -OCH3 is 1. The van der Waals surface area contributed by atoms with Gasteiger partial charge in [-0.2, -0.15) is 0 Å². The standard InChI is InChI=1S/C32H53FO6/c1-3-4-7-14-26(38-31-17-10-12-21-36-31)19-20-28-27(15-8-5-6-9-16-30(34)35-2)25(24-33)23-29(28)39-32-18-11-13-22-37-32/h5,8,19-20,25-29,31-32H,3-4,6-7,9-18,21-24H2,1-2H3/t25-,26?,27-,28+,29+,31?,32?/m0/s1. The lowest BCUT2D eigenvalue weighted by Crippen LogP contribution is -2.31. The lowest BCUT2D eigenvalue weighted by atomic mass is 9.85. The van der Waals surface area contributed by atoms with Crippen LogP contribution in [0.25, 0.3) is 0 Å². The van der Waals surface area contributed by atoms with E-state index in [0.717, 1.165) is 83.8 Å². The minimum Gasteiger partial charge on any atom is -0.469 e. The first kappa shape index (κ1) is 32.2. The molecule has 7 heteroatoms. The van der Waals surface area contributed by atoms with Crippen molar-refractivity contribution in [2.45, 2.75) is 128 Å². The quantitative estimate of drug-likeness (QED) is 0.106. The molecule has 6 nitrogen and oxygen atoms in total. The topological polar surface area (TPSA) is 63.2 Å². The molecular formula is C32H53FO6. The minimum absolute atomic E-state index is 0.00910. The Labute approximate surface area is 236 Å². The molecule has 3 rings (SSSR count). The molecule has 1 saturated carbocycles. The predicted molar refractivity (Wildman–Crippen MR) is 151 cm³/mol. The second-order valence-electron chi connectivity index (χ2n) is 11.4. The first-order valence-electron chi connectivity index (χ1n) is 15.6. The fraction of sp³-hybridized carbons (Fsp3) is 0.844. The van der Waals surface area contributed by atoms with Gasteiger partial charge in [-0.1, -0.05) is 50.5 Å². The molecule has 0 radical (unpaired) electrons. The van der Waals surface area contributed by atoms with E-state index in [2.05, 4.69) is 31.2 Å². The van der Waals surface area contributed by atoms with Crippen molar-refractivity contribution in [3.05, 3.63) is 24.3 Å². The number of carbonyl (C=O) groups excluding carboxylic acids is 1. The van der Waals surface area contributed by atoms with Crippen LogP contribution in [0, 0.1) is 17.8 Å². The molecule has 2 aliphatic heterocycles. The third-order valence-corrected chi connectivity index (χ3v) is 8.39. The monoisotopic (exact) mass is 552 g/mol. The molecule has 3 fully saturated rings. The molecule has 1 aliphatic carbocycles. The fourth-order valence-corrected chi connectivity index (χ4v) is 6.08. The van der Waals surface area contributed by atoms with E-state index in [1.807, 2.05) is 0 Å². The first-order valence-corrected chi connectivity index (χ1v) is 15.6. The summed E-state index contributed by atoms with van der Waals surface area (Å²) in [7, 11) is 1.42. The van der Waals surface area contributed by atoms with E-state index in [-0.39, 0.29) is 55.2 Å². The number of unbranched alkanes of at least 4 members (excludes halogenated alkanes) is 3. The molecule has 0 aromatic heterocycles. The zero-order valence-corrected chi connectivity index (χ0v) is 24.4. The molecule has 0 aromatic carbocycles. The largest absolute Gasteiger partial charge is 0.469 e. The molecule has 2 heterocycles. The summed E-state index contributed by atoms with van der Waals surface area (Å²) < 4.78 is 43.8. The molecule has 2 saturated heterocycles. The van der Waals surface area contributed by atoms with Crippen molar-refractivity contribution < 1.29 is 32.9 Å². The molecule has 0 aromatic rings. The van der Waals surface area contributed by atoms with Crippen LogP contribution in [0.2, 0.25) is 0 Å². The lowest BCUT2D eigenvalue weighted by molar-refractivity contribution is -0.193. The molecule has 0 N–H and O–H groups in total. The van der Waals surface area contributed by atoms with Gasteiger partial charge >= 0.3 is 5.97 Å². The minimum atomic E-state index is -0.344. The summed E-state index contributed by atoms with van der Waals surface area (Å²) in [6, 6.07) is 0. The van der Waals surface area contributed by atoms with Crippen LogP contribution < -0.4 is 0 Å². The average molecular weight is 553 g/mol. The van der Waals surface area contributed by atoms with Gasteiger partial charge in [-0.05, 0) is 82.5 Å². The normalized spacial score (nSPS) is 30.7. The van der Waals surface area contributed by atoms with Crippen LogP contribution in [0.1, 0.15) is 103 Å². The molecule has 0 bridgehead atoms. The zero-order valence-electron chi connectivity index (χ0n) is 24.4. The highest BCUT2D eigenvalue weighted by molar-refractivity contribution is 5.69. The second kappa shape index (κ2) is 19.0. The van der Waals surface area contributed by atoms with Crippen molar-refractivity contribution in [2.75, 3.05) is 27.0 Å². The summed E-state index contributed by atoms with van der Waals surface area (Å²) in [6.07, 6.45) is 22.5. The van der Waals surface area contributed by atoms with Crippen LogP contribution in [0.3, 0.4) is 0 Å². The van der Waals surface area contributed by atoms with E-state index in [4.69, 9.17) is 23.7 Å². The molecule has 224 valence electrons. The molecule has 3 unspecified atom stereocenters. The SMILES string of the molecule is CCCCCC(C=C[C@@H]1[C@@H](CC=CCCCC(=O)OC)[C@H](CF)C[C@H]1OC1CCCCO1)OC1CCCCO1. The van der Waals surface area contributed by atoms with Gasteiger partial charge in [0, 0.05) is 25.6 Å². The van der Waals surface area contributed by atoms with E-state index >= 15 is 0 Å². The highest BCUT2D eigenvalue weighted by Gasteiger charge is 2.43. The van der Waals surface area contributed by atoms with E-state index in [1.165, 1.54) is 20.0 Å². The number of carbonyl (C=O) groups is 1. The van der Waals surface area contributed by atoms with Gasteiger partial charge in [0.15, 0.2) is 12.6 Å². The summed E-state index contributed by atoms with van der Waals surface area (Å²) in [4.78, 5) is 11.4. The molecule has 39 heavy (non-hydrogen) atoms. The second-order valence-corrected chi connectivity index (χ2v) is 11.4. The number of hydrogen-bond acceptors (Lipinski definition) is 6. The number of alkyl halides is 1. The number of esters is 1. The van der Waals surface area contributed by atoms with Crippen molar-refractivity contribution in [1.29, 1.82) is 0 Å². The Morgan fingerprint density at radius 3 is 2.46 bits per heavy atom. The number of allylic oxidation sites excluding steroid dienone is 2. The summed E-state index contributed by atoms with van der Waals surface area (Å²) >= 11 is 0. The van der Waals surface area contributed by atoms with Crippen LogP contribution in [-0.4, -0.2) is 57.8 Å². The highest BCUT2D eigenvalue weighted by Crippen LogP contribution is 2.43. The van der Waals surface area contributed by atoms with Gasteiger partial charge in [0.1, 0.15) is 0 Å². The zero-order chi connectivity index (χ0) is 27.7. The van der Waals surface area contributed by atoms with Gasteiger partial charge in [0.25, 0.3) is 0 Å². The third-order valence-electron chi connectivity index (χ3n) is 8.39. The first-order chi connectivity index (χ1) is 19.1. The lowest BCUT2D eigenvalue weighted by Gasteiger charge is -2.30. The number of ether oxygens (including phenoxy) is 5. The van der Waals surface area contributed by atoms with Gasteiger partial charge in [-0.15, -0.1) is 0 Å². The maximum absolute atomic E-state index is 14.3. The van der Waals surface area contributed by atoms with Gasteiger partial charge in [0.05, 0.1) is 26.0 Å². The number of halogens is 1. The maximum atomic E-state index is 14.3.